The molecule has 3 nitrogen and oxygen atoms in total. The summed E-state index contributed by atoms with van der Waals surface area (Å²) < 4.78 is 12.6. The van der Waals surface area contributed by atoms with Crippen molar-refractivity contribution < 1.29 is 9.18 Å². The second-order valence-electron chi connectivity index (χ2n) is 2.30. The monoisotopic (exact) mass is 178 g/mol. The first-order chi connectivity index (χ1) is 6.18. The highest BCUT2D eigenvalue weighted by Gasteiger charge is 1.91. The molecule has 4 heteroatoms. The third kappa shape index (κ3) is 3.34. The summed E-state index contributed by atoms with van der Waals surface area (Å²) in [4.78, 5) is 14.1. The Morgan fingerprint density at radius 2 is 2.46 bits per heavy atom. The highest BCUT2D eigenvalue weighted by atomic mass is 19.1. The van der Waals surface area contributed by atoms with Crippen molar-refractivity contribution >= 4 is 5.91 Å². The zero-order chi connectivity index (χ0) is 9.68. The molecule has 0 aliphatic carbocycles. The van der Waals surface area contributed by atoms with Gasteiger partial charge in [0.25, 0.3) is 0 Å². The number of pyridine rings is 1. The number of carbonyl (C=O) groups is 1. The van der Waals surface area contributed by atoms with E-state index >= 15 is 0 Å². The molecule has 66 valence electrons. The van der Waals surface area contributed by atoms with E-state index in [1.807, 2.05) is 0 Å². The topological polar surface area (TPSA) is 56.0 Å². The fourth-order valence-corrected chi connectivity index (χ4v) is 0.695. The molecule has 0 saturated carbocycles. The number of primary amides is 1. The van der Waals surface area contributed by atoms with E-state index in [2.05, 4.69) is 16.8 Å². The third-order valence-electron chi connectivity index (χ3n) is 1.20. The molecule has 1 heterocycles. The summed E-state index contributed by atoms with van der Waals surface area (Å²) in [5, 5.41) is 0. The van der Waals surface area contributed by atoms with Crippen LogP contribution in [-0.4, -0.2) is 10.9 Å². The van der Waals surface area contributed by atoms with Crippen LogP contribution >= 0.6 is 0 Å². The van der Waals surface area contributed by atoms with Crippen molar-refractivity contribution in [3.63, 3.8) is 0 Å². The lowest BCUT2D eigenvalue weighted by atomic mass is 10.3. The first kappa shape index (κ1) is 9.20. The Balaban J connectivity index is 2.72. The molecule has 0 aliphatic heterocycles. The molecule has 0 aliphatic rings. The van der Waals surface area contributed by atoms with E-state index in [0.717, 1.165) is 0 Å². The Kier molecular flexibility index (Phi) is 2.98. The molecule has 0 aromatic carbocycles. The lowest BCUT2D eigenvalue weighted by Gasteiger charge is -1.88. The number of halogens is 1. The molecule has 0 saturated heterocycles. The van der Waals surface area contributed by atoms with E-state index in [4.69, 9.17) is 5.73 Å². The minimum Gasteiger partial charge on any atom is -0.369 e. The average molecular weight is 178 g/mol. The predicted octanol–water partition coefficient (Wildman–Crippen LogP) is 0.448. The maximum absolute atomic E-state index is 12.6. The Morgan fingerprint density at radius 3 is 3.08 bits per heavy atom. The SMILES string of the molecule is NC(=O)CC#Cc1cc(F)ccn1. The van der Waals surface area contributed by atoms with Gasteiger partial charge in [0.2, 0.25) is 5.91 Å². The van der Waals surface area contributed by atoms with Crippen molar-refractivity contribution in [2.45, 2.75) is 6.42 Å². The smallest absolute Gasteiger partial charge is 0.229 e. The van der Waals surface area contributed by atoms with Crippen LogP contribution in [0.15, 0.2) is 18.3 Å². The normalized spacial score (nSPS) is 8.69. The maximum atomic E-state index is 12.6. The number of rotatable bonds is 1. The van der Waals surface area contributed by atoms with Crippen LogP contribution in [-0.2, 0) is 4.79 Å². The standard InChI is InChI=1S/C9H7FN2O/c10-7-4-5-12-8(6-7)2-1-3-9(11)13/h4-6H,3H2,(H2,11,13). The summed E-state index contributed by atoms with van der Waals surface area (Å²) in [6.07, 6.45) is 1.27. The van der Waals surface area contributed by atoms with Crippen LogP contribution in [0.3, 0.4) is 0 Å². The zero-order valence-corrected chi connectivity index (χ0v) is 6.75. The second kappa shape index (κ2) is 4.21. The second-order valence-corrected chi connectivity index (χ2v) is 2.30. The van der Waals surface area contributed by atoms with Gasteiger partial charge < -0.3 is 5.73 Å². The van der Waals surface area contributed by atoms with Gasteiger partial charge in [0.1, 0.15) is 11.5 Å². The van der Waals surface area contributed by atoms with Gasteiger partial charge in [-0.3, -0.25) is 4.79 Å². The van der Waals surface area contributed by atoms with Crippen molar-refractivity contribution in [1.29, 1.82) is 0 Å². The average Bonchev–Trinajstić information content (AvgIpc) is 2.03. The van der Waals surface area contributed by atoms with Gasteiger partial charge in [0.05, 0.1) is 6.42 Å². The van der Waals surface area contributed by atoms with Gasteiger partial charge in [0, 0.05) is 12.3 Å². The Labute approximate surface area is 74.8 Å². The highest BCUT2D eigenvalue weighted by molar-refractivity contribution is 5.76. The van der Waals surface area contributed by atoms with Crippen molar-refractivity contribution in [3.8, 4) is 11.8 Å². The fraction of sp³-hybridized carbons (Fsp3) is 0.111. The summed E-state index contributed by atoms with van der Waals surface area (Å²) in [5.41, 5.74) is 5.14. The molecule has 2 N–H and O–H groups in total. The molecule has 0 radical (unpaired) electrons. The van der Waals surface area contributed by atoms with E-state index in [0.29, 0.717) is 5.69 Å². The zero-order valence-electron chi connectivity index (χ0n) is 6.75. The molecule has 0 spiro atoms. The lowest BCUT2D eigenvalue weighted by Crippen LogP contribution is -2.08. The van der Waals surface area contributed by atoms with Gasteiger partial charge >= 0.3 is 0 Å². The predicted molar refractivity (Wildman–Crippen MR) is 44.9 cm³/mol. The Bertz CT molecular complexity index is 379. The van der Waals surface area contributed by atoms with Crippen molar-refractivity contribution in [1.82, 2.24) is 4.98 Å². The van der Waals surface area contributed by atoms with E-state index in [1.54, 1.807) is 0 Å². The molecule has 13 heavy (non-hydrogen) atoms. The highest BCUT2D eigenvalue weighted by Crippen LogP contribution is 1.96. The first-order valence-corrected chi connectivity index (χ1v) is 3.57. The first-order valence-electron chi connectivity index (χ1n) is 3.57. The van der Waals surface area contributed by atoms with Gasteiger partial charge in [-0.2, -0.15) is 0 Å². The number of carbonyl (C=O) groups excluding carboxylic acids is 1. The molecule has 1 amide bonds. The molecule has 1 aromatic rings. The fourth-order valence-electron chi connectivity index (χ4n) is 0.695. The third-order valence-corrected chi connectivity index (χ3v) is 1.20. The number of amides is 1. The van der Waals surface area contributed by atoms with E-state index in [9.17, 15) is 9.18 Å². The molecule has 0 atom stereocenters. The van der Waals surface area contributed by atoms with Crippen molar-refractivity contribution in [3.05, 3.63) is 29.8 Å². The summed E-state index contributed by atoms with van der Waals surface area (Å²) in [6.45, 7) is 0. The van der Waals surface area contributed by atoms with Crippen LogP contribution < -0.4 is 5.73 Å². The quantitative estimate of drug-likeness (QED) is 0.634. The van der Waals surface area contributed by atoms with E-state index < -0.39 is 11.7 Å². The maximum Gasteiger partial charge on any atom is 0.229 e. The number of hydrogen-bond acceptors (Lipinski definition) is 2. The molecule has 0 fully saturated rings. The van der Waals surface area contributed by atoms with Crippen LogP contribution in [0, 0.1) is 17.7 Å². The van der Waals surface area contributed by atoms with Gasteiger partial charge in [-0.05, 0) is 12.0 Å². The molecular weight excluding hydrogens is 171 g/mol. The van der Waals surface area contributed by atoms with Gasteiger partial charge in [-0.1, -0.05) is 5.92 Å². The number of aromatic nitrogens is 1. The summed E-state index contributed by atoms with van der Waals surface area (Å²) in [5.74, 6) is 4.07. The van der Waals surface area contributed by atoms with Gasteiger partial charge in [-0.25, -0.2) is 9.37 Å². The van der Waals surface area contributed by atoms with Gasteiger partial charge in [-0.15, -0.1) is 0 Å². The number of hydrogen-bond donors (Lipinski definition) is 1. The van der Waals surface area contributed by atoms with Gasteiger partial charge in [0.15, 0.2) is 0 Å². The van der Waals surface area contributed by atoms with E-state index in [1.165, 1.54) is 18.3 Å². The largest absolute Gasteiger partial charge is 0.369 e. The Morgan fingerprint density at radius 1 is 1.69 bits per heavy atom. The number of nitrogens with two attached hydrogens (primary N) is 1. The molecule has 0 unspecified atom stereocenters. The van der Waals surface area contributed by atoms with Crippen LogP contribution in [0.5, 0.6) is 0 Å². The van der Waals surface area contributed by atoms with Crippen molar-refractivity contribution in [2.75, 3.05) is 0 Å². The van der Waals surface area contributed by atoms with Crippen LogP contribution in [0.2, 0.25) is 0 Å². The molecule has 0 bridgehead atoms. The summed E-state index contributed by atoms with van der Waals surface area (Å²) >= 11 is 0. The summed E-state index contributed by atoms with van der Waals surface area (Å²) in [7, 11) is 0. The summed E-state index contributed by atoms with van der Waals surface area (Å²) in [6, 6.07) is 2.41. The Hall–Kier alpha value is -1.89. The van der Waals surface area contributed by atoms with Crippen LogP contribution in [0.25, 0.3) is 0 Å². The minimum absolute atomic E-state index is 0.0435. The lowest BCUT2D eigenvalue weighted by molar-refractivity contribution is -0.117. The minimum atomic E-state index is -0.510. The molecule has 1 rings (SSSR count). The van der Waals surface area contributed by atoms with Crippen LogP contribution in [0.4, 0.5) is 4.39 Å². The number of nitrogens with zero attached hydrogens (tertiary/aromatic N) is 1. The van der Waals surface area contributed by atoms with Crippen molar-refractivity contribution in [2.24, 2.45) is 5.73 Å². The molecule has 1 aromatic heterocycles. The molecular formula is C9H7FN2O. The van der Waals surface area contributed by atoms with E-state index in [-0.39, 0.29) is 6.42 Å². The van der Waals surface area contributed by atoms with Crippen LogP contribution in [0.1, 0.15) is 12.1 Å².